The summed E-state index contributed by atoms with van der Waals surface area (Å²) < 4.78 is 11.3. The smallest absolute Gasteiger partial charge is 0.410 e. The Balaban J connectivity index is 1.49. The van der Waals surface area contributed by atoms with Crippen molar-refractivity contribution in [2.24, 2.45) is 5.92 Å². The lowest BCUT2D eigenvalue weighted by Crippen LogP contribution is -2.41. The molecule has 0 spiro atoms. The van der Waals surface area contributed by atoms with Crippen LogP contribution in [0.15, 0.2) is 48.5 Å². The Kier molecular flexibility index (Phi) is 8.90. The van der Waals surface area contributed by atoms with Gasteiger partial charge in [0.15, 0.2) is 0 Å². The number of hydrogen-bond donors (Lipinski definition) is 2. The Morgan fingerprint density at radius 1 is 1.06 bits per heavy atom. The molecule has 2 aromatic carbocycles. The van der Waals surface area contributed by atoms with Gasteiger partial charge in [-0.3, -0.25) is 10.1 Å². The molecule has 9 nitrogen and oxygen atoms in total. The number of nitrogens with one attached hydrogen (secondary N) is 2. The van der Waals surface area contributed by atoms with Crippen LogP contribution < -0.4 is 15.4 Å². The molecule has 0 unspecified atom stereocenters. The van der Waals surface area contributed by atoms with Crippen LogP contribution in [0.4, 0.5) is 15.3 Å². The number of benzene rings is 2. The van der Waals surface area contributed by atoms with Gasteiger partial charge in [-0.05, 0) is 70.2 Å². The number of imide groups is 1. The normalized spacial score (nSPS) is 13.9. The van der Waals surface area contributed by atoms with E-state index in [1.807, 2.05) is 20.8 Å². The number of likely N-dealkylation sites (tertiary alicyclic amines) is 1. The van der Waals surface area contributed by atoms with Crippen LogP contribution in [0.3, 0.4) is 0 Å². The van der Waals surface area contributed by atoms with Gasteiger partial charge < -0.3 is 19.7 Å². The van der Waals surface area contributed by atoms with Crippen molar-refractivity contribution in [3.05, 3.63) is 59.7 Å². The number of ether oxygens (including phenoxy) is 2. The second-order valence-corrected chi connectivity index (χ2v) is 9.61. The van der Waals surface area contributed by atoms with Crippen LogP contribution in [-0.2, 0) is 4.74 Å². The zero-order valence-corrected chi connectivity index (χ0v) is 20.9. The van der Waals surface area contributed by atoms with Crippen molar-refractivity contribution in [2.45, 2.75) is 45.6 Å². The Hall–Kier alpha value is -4.06. The molecule has 3 rings (SSSR count). The summed E-state index contributed by atoms with van der Waals surface area (Å²) in [7, 11) is 0. The Labute approximate surface area is 211 Å². The highest BCUT2D eigenvalue weighted by Gasteiger charge is 2.27. The monoisotopic (exact) mass is 492 g/mol. The maximum atomic E-state index is 12.3. The number of nitrogens with zero attached hydrogens (tertiary/aromatic N) is 2. The summed E-state index contributed by atoms with van der Waals surface area (Å²) in [4.78, 5) is 38.5. The van der Waals surface area contributed by atoms with Crippen LogP contribution in [0, 0.1) is 17.2 Å². The van der Waals surface area contributed by atoms with Crippen LogP contribution in [0.2, 0.25) is 0 Å². The number of urea groups is 1. The zero-order chi connectivity index (χ0) is 26.1. The number of nitriles is 1. The Morgan fingerprint density at radius 3 is 2.39 bits per heavy atom. The van der Waals surface area contributed by atoms with E-state index < -0.39 is 17.5 Å². The Morgan fingerprint density at radius 2 is 1.75 bits per heavy atom. The molecule has 0 aliphatic carbocycles. The first-order valence-corrected chi connectivity index (χ1v) is 12.0. The third kappa shape index (κ3) is 7.73. The fraction of sp³-hybridized carbons (Fsp3) is 0.407. The van der Waals surface area contributed by atoms with Gasteiger partial charge >= 0.3 is 12.1 Å². The quantitative estimate of drug-likeness (QED) is 0.589. The first kappa shape index (κ1) is 26.5. The number of piperidine rings is 1. The lowest BCUT2D eigenvalue weighted by molar-refractivity contribution is 0.0177. The highest BCUT2D eigenvalue weighted by Crippen LogP contribution is 2.27. The molecule has 1 heterocycles. The summed E-state index contributed by atoms with van der Waals surface area (Å²) in [6, 6.07) is 14.6. The maximum absolute atomic E-state index is 12.3. The van der Waals surface area contributed by atoms with Gasteiger partial charge in [-0.1, -0.05) is 24.3 Å². The summed E-state index contributed by atoms with van der Waals surface area (Å²) >= 11 is 0. The topological polar surface area (TPSA) is 121 Å². The maximum Gasteiger partial charge on any atom is 0.410 e. The molecule has 190 valence electrons. The minimum absolute atomic E-state index is 0.180. The number of carbonyl (C=O) groups is 3. The molecule has 2 aromatic rings. The third-order valence-corrected chi connectivity index (χ3v) is 5.70. The predicted molar refractivity (Wildman–Crippen MR) is 135 cm³/mol. The number of anilines is 1. The van der Waals surface area contributed by atoms with Gasteiger partial charge in [-0.2, -0.15) is 5.26 Å². The summed E-state index contributed by atoms with van der Waals surface area (Å²) in [5.74, 6) is 0.206. The molecule has 1 fully saturated rings. The minimum atomic E-state index is -0.741. The average molecular weight is 493 g/mol. The number of rotatable bonds is 6. The van der Waals surface area contributed by atoms with Gasteiger partial charge in [0, 0.05) is 18.7 Å². The van der Waals surface area contributed by atoms with Crippen LogP contribution >= 0.6 is 0 Å². The van der Waals surface area contributed by atoms with Crippen LogP contribution in [0.5, 0.6) is 5.75 Å². The van der Waals surface area contributed by atoms with Crippen molar-refractivity contribution in [1.29, 1.82) is 5.26 Å². The van der Waals surface area contributed by atoms with Crippen molar-refractivity contribution in [1.82, 2.24) is 10.2 Å². The van der Waals surface area contributed by atoms with Crippen molar-refractivity contribution in [3.8, 4) is 11.8 Å². The molecule has 0 radical (unpaired) electrons. The van der Waals surface area contributed by atoms with Gasteiger partial charge in [0.05, 0.1) is 12.3 Å². The van der Waals surface area contributed by atoms with Gasteiger partial charge in [0.1, 0.15) is 23.0 Å². The summed E-state index contributed by atoms with van der Waals surface area (Å²) in [6.45, 7) is 7.23. The molecule has 1 aliphatic heterocycles. The van der Waals surface area contributed by atoms with Crippen LogP contribution in [0.25, 0.3) is 0 Å². The van der Waals surface area contributed by atoms with E-state index in [9.17, 15) is 19.6 Å². The molecule has 36 heavy (non-hydrogen) atoms. The molecule has 1 aliphatic rings. The van der Waals surface area contributed by atoms with Gasteiger partial charge in [0.25, 0.3) is 5.91 Å². The second-order valence-electron chi connectivity index (χ2n) is 9.61. The summed E-state index contributed by atoms with van der Waals surface area (Å²) in [6.07, 6.45) is 2.20. The van der Waals surface area contributed by atoms with E-state index in [2.05, 4.69) is 16.7 Å². The predicted octanol–water partition coefficient (Wildman–Crippen LogP) is 4.94. The van der Waals surface area contributed by atoms with Gasteiger partial charge in [-0.25, -0.2) is 9.59 Å². The number of carbonyl (C=O) groups excluding carboxylic acids is 3. The molecule has 2 N–H and O–H groups in total. The van der Waals surface area contributed by atoms with E-state index in [1.54, 1.807) is 53.4 Å². The van der Waals surface area contributed by atoms with E-state index in [0.717, 1.165) is 19.3 Å². The van der Waals surface area contributed by atoms with Crippen LogP contribution in [0.1, 0.15) is 56.0 Å². The molecule has 0 bridgehead atoms. The first-order chi connectivity index (χ1) is 17.2. The molecular formula is C27H32N4O5. The van der Waals surface area contributed by atoms with Crippen LogP contribution in [-0.4, -0.2) is 48.2 Å². The molecule has 1 saturated heterocycles. The Bertz CT molecular complexity index is 1110. The van der Waals surface area contributed by atoms with Gasteiger partial charge in [0.2, 0.25) is 0 Å². The molecule has 0 saturated carbocycles. The fourth-order valence-electron chi connectivity index (χ4n) is 3.86. The fourth-order valence-corrected chi connectivity index (χ4v) is 3.86. The standard InChI is InChI=1S/C27H32N4O5/c1-27(2,3)36-26(34)31-15-12-19(13-16-31)14-17-35-23-11-7-10-22(21(23)18-28)29-25(33)30-24(32)20-8-5-4-6-9-20/h4-11,19H,12-17H2,1-3H3,(H2,29,30,32,33). The van der Waals surface area contributed by atoms with E-state index in [0.29, 0.717) is 36.9 Å². The third-order valence-electron chi connectivity index (χ3n) is 5.70. The second kappa shape index (κ2) is 12.1. The van der Waals surface area contributed by atoms with E-state index >= 15 is 0 Å². The lowest BCUT2D eigenvalue weighted by Gasteiger charge is -2.33. The van der Waals surface area contributed by atoms with E-state index in [-0.39, 0.29) is 17.3 Å². The molecule has 9 heteroatoms. The van der Waals surface area contributed by atoms with Crippen molar-refractivity contribution < 1.29 is 23.9 Å². The highest BCUT2D eigenvalue weighted by molar-refractivity contribution is 6.08. The van der Waals surface area contributed by atoms with Gasteiger partial charge in [-0.15, -0.1) is 0 Å². The lowest BCUT2D eigenvalue weighted by atomic mass is 9.94. The number of hydrogen-bond acceptors (Lipinski definition) is 6. The molecule has 0 atom stereocenters. The summed E-state index contributed by atoms with van der Waals surface area (Å²) in [5, 5.41) is 14.5. The highest BCUT2D eigenvalue weighted by atomic mass is 16.6. The number of amides is 4. The SMILES string of the molecule is CC(C)(C)OC(=O)N1CCC(CCOc2cccc(NC(=O)NC(=O)c3ccccc3)c2C#N)CC1. The average Bonchev–Trinajstić information content (AvgIpc) is 2.84. The zero-order valence-electron chi connectivity index (χ0n) is 20.9. The molecule has 0 aromatic heterocycles. The van der Waals surface area contributed by atoms with Crippen molar-refractivity contribution >= 4 is 23.7 Å². The largest absolute Gasteiger partial charge is 0.492 e. The summed E-state index contributed by atoms with van der Waals surface area (Å²) in [5.41, 5.74) is 0.266. The first-order valence-electron chi connectivity index (χ1n) is 12.0. The molecular weight excluding hydrogens is 460 g/mol. The van der Waals surface area contributed by atoms with Crippen molar-refractivity contribution in [2.75, 3.05) is 25.0 Å². The van der Waals surface area contributed by atoms with E-state index in [4.69, 9.17) is 9.47 Å². The minimum Gasteiger partial charge on any atom is -0.492 e. The van der Waals surface area contributed by atoms with E-state index in [1.165, 1.54) is 0 Å². The molecule has 4 amide bonds. The van der Waals surface area contributed by atoms with Crippen molar-refractivity contribution in [3.63, 3.8) is 0 Å².